The summed E-state index contributed by atoms with van der Waals surface area (Å²) in [5.41, 5.74) is -12.2. The van der Waals surface area contributed by atoms with E-state index >= 15 is 0 Å². The molecular weight excluding hydrogens is 374 g/mol. The Kier molecular flexibility index (Phi) is 4.33. The van der Waals surface area contributed by atoms with Crippen LogP contribution in [0.25, 0.3) is 0 Å². The lowest BCUT2D eigenvalue weighted by Crippen LogP contribution is -2.46. The summed E-state index contributed by atoms with van der Waals surface area (Å²) in [6, 6.07) is 0. The quantitative estimate of drug-likeness (QED) is 0.550. The molecule has 1 saturated carbocycles. The number of fused-ring (bicyclic) bond motifs is 2. The van der Waals surface area contributed by atoms with Gasteiger partial charge in [-0.3, -0.25) is 0 Å². The fourth-order valence-corrected chi connectivity index (χ4v) is 6.72. The SMILES string of the molecule is O=S(=O)(C(CC1CC2C=CC1C2)S(=O)(=O)C(F)(F)F)C(F)(F)F. The van der Waals surface area contributed by atoms with Crippen molar-refractivity contribution in [1.29, 1.82) is 0 Å². The monoisotopic (exact) mass is 386 g/mol. The molecule has 0 aromatic carbocycles. The van der Waals surface area contributed by atoms with E-state index in [0.717, 1.165) is 0 Å². The van der Waals surface area contributed by atoms with Crippen molar-refractivity contribution in [1.82, 2.24) is 0 Å². The Morgan fingerprint density at radius 2 is 1.35 bits per heavy atom. The van der Waals surface area contributed by atoms with Crippen LogP contribution >= 0.6 is 0 Å². The van der Waals surface area contributed by atoms with Gasteiger partial charge in [0.15, 0.2) is 4.58 Å². The molecule has 0 spiro atoms. The number of sulfone groups is 2. The molecule has 1 fully saturated rings. The van der Waals surface area contributed by atoms with Gasteiger partial charge in [0.1, 0.15) is 0 Å². The van der Waals surface area contributed by atoms with Gasteiger partial charge < -0.3 is 0 Å². The third kappa shape index (κ3) is 3.11. The highest BCUT2D eigenvalue weighted by Gasteiger charge is 2.63. The Bertz CT molecular complexity index is 660. The number of rotatable bonds is 4. The normalized spacial score (nSPS) is 28.7. The van der Waals surface area contributed by atoms with Crippen molar-refractivity contribution in [2.75, 3.05) is 0 Å². The summed E-state index contributed by atoms with van der Waals surface area (Å²) in [6.07, 6.45) is 2.77. The molecular formula is C11H12F6O4S2. The summed E-state index contributed by atoms with van der Waals surface area (Å²) in [5.74, 6) is -1.30. The predicted octanol–water partition coefficient (Wildman–Crippen LogP) is 2.78. The van der Waals surface area contributed by atoms with Crippen LogP contribution in [0.5, 0.6) is 0 Å². The zero-order valence-corrected chi connectivity index (χ0v) is 12.9. The molecule has 2 aliphatic rings. The first-order chi connectivity index (χ1) is 10.2. The first kappa shape index (κ1) is 18.6. The van der Waals surface area contributed by atoms with Crippen molar-refractivity contribution < 1.29 is 43.2 Å². The summed E-state index contributed by atoms with van der Waals surface area (Å²) in [6.45, 7) is 0. The van der Waals surface area contributed by atoms with E-state index in [2.05, 4.69) is 0 Å². The lowest BCUT2D eigenvalue weighted by molar-refractivity contribution is -0.0474. The van der Waals surface area contributed by atoms with Gasteiger partial charge in [0.05, 0.1) is 0 Å². The largest absolute Gasteiger partial charge is 0.498 e. The second-order valence-corrected chi connectivity index (χ2v) is 10.2. The fraction of sp³-hybridized carbons (Fsp3) is 0.818. The van der Waals surface area contributed by atoms with E-state index in [-0.39, 0.29) is 12.3 Å². The molecule has 3 atom stereocenters. The Morgan fingerprint density at radius 1 is 0.870 bits per heavy atom. The van der Waals surface area contributed by atoms with Crippen molar-refractivity contribution in [2.45, 2.75) is 34.9 Å². The minimum absolute atomic E-state index is 0.0622. The highest BCUT2D eigenvalue weighted by Crippen LogP contribution is 2.48. The minimum atomic E-state index is -6.52. The van der Waals surface area contributed by atoms with Gasteiger partial charge >= 0.3 is 11.0 Å². The van der Waals surface area contributed by atoms with Gasteiger partial charge in [-0.25, -0.2) is 16.8 Å². The third-order valence-corrected chi connectivity index (χ3v) is 8.83. The molecule has 0 saturated heterocycles. The van der Waals surface area contributed by atoms with Crippen LogP contribution in [-0.4, -0.2) is 32.4 Å². The van der Waals surface area contributed by atoms with E-state index < -0.39 is 53.5 Å². The van der Waals surface area contributed by atoms with Crippen LogP contribution < -0.4 is 0 Å². The lowest BCUT2D eigenvalue weighted by Gasteiger charge is -2.26. The van der Waals surface area contributed by atoms with E-state index in [1.54, 1.807) is 12.2 Å². The smallest absolute Gasteiger partial charge is 0.218 e. The highest BCUT2D eigenvalue weighted by atomic mass is 32.3. The molecule has 0 heterocycles. The maximum atomic E-state index is 12.6. The molecule has 0 radical (unpaired) electrons. The van der Waals surface area contributed by atoms with Crippen LogP contribution in [0.4, 0.5) is 26.3 Å². The zero-order valence-electron chi connectivity index (χ0n) is 11.3. The van der Waals surface area contributed by atoms with Crippen LogP contribution in [0, 0.1) is 17.8 Å². The molecule has 0 aliphatic heterocycles. The second-order valence-electron chi connectivity index (χ2n) is 5.69. The van der Waals surface area contributed by atoms with E-state index in [1.807, 2.05) is 0 Å². The summed E-state index contributed by atoms with van der Waals surface area (Å²) >= 11 is 0. The topological polar surface area (TPSA) is 68.3 Å². The number of hydrogen-bond donors (Lipinski definition) is 0. The van der Waals surface area contributed by atoms with Crippen molar-refractivity contribution in [3.63, 3.8) is 0 Å². The summed E-state index contributed by atoms with van der Waals surface area (Å²) in [4.78, 5) is 0. The van der Waals surface area contributed by atoms with Crippen LogP contribution in [0.15, 0.2) is 12.2 Å². The van der Waals surface area contributed by atoms with Gasteiger partial charge in [0, 0.05) is 0 Å². The Morgan fingerprint density at radius 3 is 1.65 bits per heavy atom. The van der Waals surface area contributed by atoms with Gasteiger partial charge in [-0.15, -0.1) is 0 Å². The molecule has 134 valence electrons. The number of allylic oxidation sites excluding steroid dienone is 2. The Balaban J connectivity index is 2.43. The third-order valence-electron chi connectivity index (χ3n) is 4.25. The highest BCUT2D eigenvalue weighted by molar-refractivity contribution is 8.09. The fourth-order valence-electron chi connectivity index (χ4n) is 3.13. The van der Waals surface area contributed by atoms with Crippen LogP contribution in [0.3, 0.4) is 0 Å². The van der Waals surface area contributed by atoms with Crippen LogP contribution in [-0.2, 0) is 19.7 Å². The molecule has 2 aliphatic carbocycles. The maximum Gasteiger partial charge on any atom is 0.498 e. The molecule has 23 heavy (non-hydrogen) atoms. The first-order valence-electron chi connectivity index (χ1n) is 6.46. The predicted molar refractivity (Wildman–Crippen MR) is 67.2 cm³/mol. The van der Waals surface area contributed by atoms with E-state index in [9.17, 15) is 43.2 Å². The van der Waals surface area contributed by atoms with Crippen molar-refractivity contribution in [3.8, 4) is 0 Å². The van der Waals surface area contributed by atoms with Crippen LogP contribution in [0.1, 0.15) is 19.3 Å². The summed E-state index contributed by atoms with van der Waals surface area (Å²) in [7, 11) is -13.0. The number of halogens is 6. The van der Waals surface area contributed by atoms with E-state index in [4.69, 9.17) is 0 Å². The lowest BCUT2D eigenvalue weighted by atomic mass is 9.91. The molecule has 0 N–H and O–H groups in total. The molecule has 2 bridgehead atoms. The van der Waals surface area contributed by atoms with Gasteiger partial charge in [-0.05, 0) is 37.0 Å². The van der Waals surface area contributed by atoms with Gasteiger partial charge in [-0.1, -0.05) is 12.2 Å². The van der Waals surface area contributed by atoms with Gasteiger partial charge in [0.2, 0.25) is 0 Å². The van der Waals surface area contributed by atoms with Gasteiger partial charge in [-0.2, -0.15) is 26.3 Å². The number of hydrogen-bond acceptors (Lipinski definition) is 4. The molecule has 0 amide bonds. The second kappa shape index (κ2) is 5.36. The molecule has 4 nitrogen and oxygen atoms in total. The zero-order chi connectivity index (χ0) is 17.8. The summed E-state index contributed by atoms with van der Waals surface area (Å²) < 4.78 is 118. The van der Waals surface area contributed by atoms with Crippen molar-refractivity contribution >= 4 is 19.7 Å². The van der Waals surface area contributed by atoms with Crippen molar-refractivity contribution in [3.05, 3.63) is 12.2 Å². The van der Waals surface area contributed by atoms with Gasteiger partial charge in [0.25, 0.3) is 19.7 Å². The minimum Gasteiger partial charge on any atom is -0.218 e. The average Bonchev–Trinajstić information content (AvgIpc) is 2.94. The first-order valence-corrected chi connectivity index (χ1v) is 9.56. The maximum absolute atomic E-state index is 12.6. The Hall–Kier alpha value is -0.780. The summed E-state index contributed by atoms with van der Waals surface area (Å²) in [5, 5.41) is 0. The van der Waals surface area contributed by atoms with E-state index in [1.165, 1.54) is 0 Å². The molecule has 3 unspecified atom stereocenters. The molecule has 0 aromatic heterocycles. The Labute approximate surface area is 128 Å². The molecule has 2 rings (SSSR count). The molecule has 12 heteroatoms. The molecule has 0 aromatic rings. The standard InChI is InChI=1S/C11H12F6O4S2/c12-10(13,14)22(18,19)9(23(20,21)11(15,16)17)5-8-4-6-1-2-7(8)3-6/h1-2,6-9H,3-5H2. The number of alkyl halides is 6. The van der Waals surface area contributed by atoms with Crippen molar-refractivity contribution in [2.24, 2.45) is 17.8 Å². The van der Waals surface area contributed by atoms with Crippen LogP contribution in [0.2, 0.25) is 0 Å². The average molecular weight is 386 g/mol. The van der Waals surface area contributed by atoms with E-state index in [0.29, 0.717) is 6.42 Å².